The van der Waals surface area contributed by atoms with Crippen LogP contribution in [0.15, 0.2) is 42.5 Å². The molecule has 0 spiro atoms. The molecule has 3 heterocycles. The molecule has 0 saturated heterocycles. The van der Waals surface area contributed by atoms with Crippen LogP contribution in [0.5, 0.6) is 0 Å². The normalized spacial score (nSPS) is 21.9. The minimum Gasteiger partial charge on any atom is -0.194 e. The van der Waals surface area contributed by atoms with Crippen LogP contribution in [0.2, 0.25) is 0 Å². The van der Waals surface area contributed by atoms with Gasteiger partial charge < -0.3 is 0 Å². The fourth-order valence-electron chi connectivity index (χ4n) is 6.37. The maximum Gasteiger partial charge on any atom is 0.380 e. The Labute approximate surface area is 278 Å². The molecule has 0 amide bonds. The molecule has 256 valence electrons. The van der Waals surface area contributed by atoms with Gasteiger partial charge in [0.05, 0.1) is 11.1 Å². The zero-order valence-electron chi connectivity index (χ0n) is 25.3. The van der Waals surface area contributed by atoms with Crippen molar-refractivity contribution in [3.8, 4) is 10.4 Å². The smallest absolute Gasteiger partial charge is 0.194 e. The number of alkyl halides is 12. The zero-order valence-corrected chi connectivity index (χ0v) is 27.8. The van der Waals surface area contributed by atoms with Crippen molar-refractivity contribution in [3.63, 3.8) is 0 Å². The van der Waals surface area contributed by atoms with E-state index in [2.05, 4.69) is 0 Å². The number of allylic oxidation sites excluding steroid dienone is 4. The molecule has 0 aliphatic heterocycles. The van der Waals surface area contributed by atoms with Crippen LogP contribution in [0.25, 0.3) is 32.7 Å². The summed E-state index contributed by atoms with van der Waals surface area (Å²) in [5.74, 6) is -34.1. The minimum absolute atomic E-state index is 0.0434. The topological polar surface area (TPSA) is 0 Å². The fourth-order valence-corrected chi connectivity index (χ4v) is 9.77. The lowest BCUT2D eigenvalue weighted by molar-refractivity contribution is -0.254. The summed E-state index contributed by atoms with van der Waals surface area (Å²) in [6.07, 6.45) is 0. The summed E-state index contributed by atoms with van der Waals surface area (Å²) in [6.45, 7) is 5.69. The molecule has 0 bridgehead atoms. The second kappa shape index (κ2) is 10.5. The van der Waals surface area contributed by atoms with Crippen LogP contribution < -0.4 is 0 Å². The van der Waals surface area contributed by atoms with Gasteiger partial charge >= 0.3 is 35.5 Å². The standard InChI is InChI=1S/C33H22F12S3/c1-13-11-14(2)46-26(13)24-25(31(40,41)33(44,45)30(24,38)39)27-15(3)21(17(5)48-27)23-22(28(34,35)32(42,43)29(23,36)37)19-12-20(47-16(19)4)18-9-7-6-8-10-18/h6-12H,1-5H3. The third-order valence-corrected chi connectivity index (χ3v) is 12.1. The molecule has 0 radical (unpaired) electrons. The highest BCUT2D eigenvalue weighted by molar-refractivity contribution is 7.16. The van der Waals surface area contributed by atoms with Crippen molar-refractivity contribution < 1.29 is 52.7 Å². The van der Waals surface area contributed by atoms with Crippen LogP contribution in [0.3, 0.4) is 0 Å². The lowest BCUT2D eigenvalue weighted by atomic mass is 9.90. The van der Waals surface area contributed by atoms with E-state index in [1.807, 2.05) is 0 Å². The summed E-state index contributed by atoms with van der Waals surface area (Å²) in [4.78, 5) is -1.61. The fraction of sp³-hybridized carbons (Fsp3) is 0.333. The molecular formula is C33H22F12S3. The predicted molar refractivity (Wildman–Crippen MR) is 165 cm³/mol. The maximum atomic E-state index is 15.8. The SMILES string of the molecule is Cc1cc(C)c(C2=C(c3sc(C)c(C4=C(c5cc(-c6ccccc6)sc5C)C(F)(F)C(F)(F)C4(F)F)c3C)C(F)(F)C(F)(F)C2(F)F)s1. The van der Waals surface area contributed by atoms with Gasteiger partial charge in [0.15, 0.2) is 0 Å². The van der Waals surface area contributed by atoms with Crippen molar-refractivity contribution >= 4 is 56.3 Å². The summed E-state index contributed by atoms with van der Waals surface area (Å²) >= 11 is 1.48. The number of thiophene rings is 3. The van der Waals surface area contributed by atoms with Crippen LogP contribution >= 0.6 is 34.0 Å². The molecule has 1 aromatic carbocycles. The van der Waals surface area contributed by atoms with E-state index in [1.165, 1.54) is 26.8 Å². The van der Waals surface area contributed by atoms with Crippen molar-refractivity contribution in [3.05, 3.63) is 89.1 Å². The Morgan fingerprint density at radius 2 is 1.00 bits per heavy atom. The van der Waals surface area contributed by atoms with Crippen molar-refractivity contribution in [2.75, 3.05) is 0 Å². The first kappa shape index (κ1) is 34.8. The molecule has 0 atom stereocenters. The van der Waals surface area contributed by atoms with Gasteiger partial charge in [-0.25, -0.2) is 0 Å². The van der Waals surface area contributed by atoms with Crippen molar-refractivity contribution in [2.24, 2.45) is 0 Å². The van der Waals surface area contributed by atoms with E-state index in [1.54, 1.807) is 30.3 Å². The predicted octanol–water partition coefficient (Wildman–Crippen LogP) is 12.7. The molecule has 4 aromatic rings. The second-order valence-corrected chi connectivity index (χ2v) is 15.5. The molecule has 0 saturated carbocycles. The number of benzene rings is 1. The Hall–Kier alpha value is -3.04. The first-order valence-electron chi connectivity index (χ1n) is 14.1. The van der Waals surface area contributed by atoms with Gasteiger partial charge in [-0.15, -0.1) is 34.0 Å². The summed E-state index contributed by atoms with van der Waals surface area (Å²) in [5.41, 5.74) is -9.35. The van der Waals surface area contributed by atoms with Crippen LogP contribution in [-0.2, 0) is 0 Å². The summed E-state index contributed by atoms with van der Waals surface area (Å²) < 4.78 is 186. The summed E-state index contributed by atoms with van der Waals surface area (Å²) in [7, 11) is 0. The molecule has 2 aliphatic carbocycles. The van der Waals surface area contributed by atoms with Crippen molar-refractivity contribution in [1.29, 1.82) is 0 Å². The Morgan fingerprint density at radius 3 is 1.52 bits per heavy atom. The highest BCUT2D eigenvalue weighted by Gasteiger charge is 2.82. The quantitative estimate of drug-likeness (QED) is 0.179. The molecule has 48 heavy (non-hydrogen) atoms. The van der Waals surface area contributed by atoms with E-state index in [-0.39, 0.29) is 26.7 Å². The number of aryl methyl sites for hydroxylation is 4. The average molecular weight is 743 g/mol. The molecule has 2 aliphatic rings. The Bertz CT molecular complexity index is 2040. The Balaban J connectivity index is 1.70. The lowest BCUT2D eigenvalue weighted by Gasteiger charge is -2.26. The Morgan fingerprint density at radius 1 is 0.500 bits per heavy atom. The minimum atomic E-state index is -6.01. The molecule has 6 rings (SSSR count). The van der Waals surface area contributed by atoms with Crippen LogP contribution in [0.4, 0.5) is 52.7 Å². The third kappa shape index (κ3) is 4.28. The Kier molecular flexibility index (Phi) is 7.60. The molecule has 15 heteroatoms. The average Bonchev–Trinajstić information content (AvgIpc) is 3.66. The monoisotopic (exact) mass is 742 g/mol. The summed E-state index contributed by atoms with van der Waals surface area (Å²) in [6, 6.07) is 10.4. The van der Waals surface area contributed by atoms with E-state index in [9.17, 15) is 8.78 Å². The van der Waals surface area contributed by atoms with Gasteiger partial charge in [0.25, 0.3) is 0 Å². The molecular weight excluding hydrogens is 721 g/mol. The molecule has 0 N–H and O–H groups in total. The zero-order chi connectivity index (χ0) is 35.7. The van der Waals surface area contributed by atoms with Gasteiger partial charge in [-0.05, 0) is 69.0 Å². The molecule has 0 nitrogen and oxygen atoms in total. The van der Waals surface area contributed by atoms with Crippen LogP contribution in [-0.4, -0.2) is 35.5 Å². The van der Waals surface area contributed by atoms with Gasteiger partial charge in [0.1, 0.15) is 0 Å². The third-order valence-electron chi connectivity index (χ3n) is 8.65. The van der Waals surface area contributed by atoms with E-state index in [0.717, 1.165) is 31.3 Å². The lowest BCUT2D eigenvalue weighted by Crippen LogP contribution is -2.49. The summed E-state index contributed by atoms with van der Waals surface area (Å²) in [5, 5.41) is 0. The van der Waals surface area contributed by atoms with E-state index >= 15 is 43.9 Å². The highest BCUT2D eigenvalue weighted by atomic mass is 32.1. The second-order valence-electron chi connectivity index (χ2n) is 11.7. The molecule has 0 unspecified atom stereocenters. The van der Waals surface area contributed by atoms with Gasteiger partial charge in [-0.3, -0.25) is 0 Å². The van der Waals surface area contributed by atoms with Gasteiger partial charge in [-0.1, -0.05) is 30.3 Å². The van der Waals surface area contributed by atoms with Crippen LogP contribution in [0.1, 0.15) is 46.6 Å². The number of halogens is 12. The van der Waals surface area contributed by atoms with Gasteiger partial charge in [-0.2, -0.15) is 52.7 Å². The molecule has 0 fully saturated rings. The maximum absolute atomic E-state index is 15.8. The van der Waals surface area contributed by atoms with Crippen molar-refractivity contribution in [2.45, 2.75) is 70.2 Å². The largest absolute Gasteiger partial charge is 0.380 e. The van der Waals surface area contributed by atoms with Gasteiger partial charge in [0.2, 0.25) is 0 Å². The van der Waals surface area contributed by atoms with E-state index in [0.29, 0.717) is 21.8 Å². The van der Waals surface area contributed by atoms with E-state index < -0.39 is 89.1 Å². The highest BCUT2D eigenvalue weighted by Crippen LogP contribution is 2.69. The van der Waals surface area contributed by atoms with E-state index in [4.69, 9.17) is 0 Å². The van der Waals surface area contributed by atoms with Crippen molar-refractivity contribution in [1.82, 2.24) is 0 Å². The first-order valence-corrected chi connectivity index (χ1v) is 16.5. The number of rotatable bonds is 5. The van der Waals surface area contributed by atoms with Gasteiger partial charge in [0, 0.05) is 46.0 Å². The first-order chi connectivity index (χ1) is 21.9. The molecule has 3 aromatic heterocycles. The number of hydrogen-bond donors (Lipinski definition) is 0. The van der Waals surface area contributed by atoms with Crippen LogP contribution in [0, 0.1) is 34.6 Å². The number of hydrogen-bond acceptors (Lipinski definition) is 3.